The fourth-order valence-corrected chi connectivity index (χ4v) is 3.01. The molecular weight excluding hydrogens is 131 g/mol. The predicted octanol–water partition coefficient (Wildman–Crippen LogP) is 2.45. The highest BCUT2D eigenvalue weighted by molar-refractivity contribution is 7.67. The van der Waals surface area contributed by atoms with E-state index in [1.165, 1.54) is 0 Å². The van der Waals surface area contributed by atoms with Crippen molar-refractivity contribution >= 4 is 7.14 Å². The van der Waals surface area contributed by atoms with E-state index in [-0.39, 0.29) is 0 Å². The van der Waals surface area contributed by atoms with Gasteiger partial charge in [0.05, 0.1) is 0 Å². The molecule has 0 N–H and O–H groups in total. The number of allylic oxidation sites excluding steroid dienone is 2. The van der Waals surface area contributed by atoms with Gasteiger partial charge >= 0.3 is 0 Å². The van der Waals surface area contributed by atoms with E-state index in [9.17, 15) is 4.57 Å². The van der Waals surface area contributed by atoms with Crippen LogP contribution in [-0.2, 0) is 4.57 Å². The summed E-state index contributed by atoms with van der Waals surface area (Å²) in [7, 11) is -1.87. The van der Waals surface area contributed by atoms with Gasteiger partial charge in [-0.1, -0.05) is 12.2 Å². The molecule has 1 aliphatic heterocycles. The minimum Gasteiger partial charge on any atom is -0.319 e. The van der Waals surface area contributed by atoms with Crippen molar-refractivity contribution in [3.63, 3.8) is 0 Å². The molecule has 0 aromatic carbocycles. The molecule has 0 aromatic rings. The molecule has 0 radical (unpaired) electrons. The quantitative estimate of drug-likeness (QED) is 0.427. The summed E-state index contributed by atoms with van der Waals surface area (Å²) in [5, 5.41) is 0. The molecule has 9 heavy (non-hydrogen) atoms. The van der Waals surface area contributed by atoms with E-state index in [2.05, 4.69) is 6.58 Å². The van der Waals surface area contributed by atoms with Crippen LogP contribution in [0.4, 0.5) is 0 Å². The Balaban J connectivity index is 2.63. The van der Waals surface area contributed by atoms with Crippen LogP contribution in [0.15, 0.2) is 24.5 Å². The lowest BCUT2D eigenvalue weighted by Crippen LogP contribution is -1.82. The third kappa shape index (κ3) is 1.56. The Morgan fingerprint density at radius 3 is 3.00 bits per heavy atom. The van der Waals surface area contributed by atoms with Gasteiger partial charge in [0.25, 0.3) is 0 Å². The van der Waals surface area contributed by atoms with Crippen molar-refractivity contribution in [2.24, 2.45) is 0 Å². The minimum absolute atomic E-state index is 0.684. The van der Waals surface area contributed by atoms with Crippen molar-refractivity contribution < 1.29 is 4.57 Å². The number of rotatable bonds is 2. The van der Waals surface area contributed by atoms with Crippen LogP contribution in [0.25, 0.3) is 0 Å². The molecule has 0 spiro atoms. The first kappa shape index (κ1) is 6.82. The lowest BCUT2D eigenvalue weighted by Gasteiger charge is -2.02. The molecule has 1 unspecified atom stereocenters. The molecule has 1 rings (SSSR count). The molecule has 0 saturated carbocycles. The van der Waals surface area contributed by atoms with E-state index in [1.807, 2.05) is 11.9 Å². The molecule has 0 amide bonds. The highest BCUT2D eigenvalue weighted by Crippen LogP contribution is 2.51. The van der Waals surface area contributed by atoms with Gasteiger partial charge in [-0.2, -0.15) is 0 Å². The van der Waals surface area contributed by atoms with Gasteiger partial charge in [0, 0.05) is 12.3 Å². The third-order valence-electron chi connectivity index (χ3n) is 1.49. The molecule has 0 saturated heterocycles. The largest absolute Gasteiger partial charge is 0.319 e. The summed E-state index contributed by atoms with van der Waals surface area (Å²) in [5.41, 5.74) is 0. The van der Waals surface area contributed by atoms with Gasteiger partial charge in [-0.25, -0.2) is 0 Å². The second kappa shape index (κ2) is 2.53. The second-order valence-electron chi connectivity index (χ2n) is 2.32. The Labute approximate surface area is 55.8 Å². The van der Waals surface area contributed by atoms with E-state index < -0.39 is 7.14 Å². The molecule has 0 fully saturated rings. The summed E-state index contributed by atoms with van der Waals surface area (Å²) in [6, 6.07) is 0. The SMILES string of the molecule is C=CCP1(=O)C=CCC1. The van der Waals surface area contributed by atoms with E-state index in [1.54, 1.807) is 6.08 Å². The highest BCUT2D eigenvalue weighted by atomic mass is 31.2. The van der Waals surface area contributed by atoms with Crippen LogP contribution in [-0.4, -0.2) is 12.3 Å². The van der Waals surface area contributed by atoms with Crippen LogP contribution in [0.3, 0.4) is 0 Å². The molecule has 2 heteroatoms. The molecule has 0 aliphatic carbocycles. The molecule has 1 atom stereocenters. The van der Waals surface area contributed by atoms with Crippen LogP contribution in [0.5, 0.6) is 0 Å². The van der Waals surface area contributed by atoms with Crippen LogP contribution in [0.2, 0.25) is 0 Å². The highest BCUT2D eigenvalue weighted by Gasteiger charge is 2.18. The van der Waals surface area contributed by atoms with Crippen molar-refractivity contribution in [1.29, 1.82) is 0 Å². The Bertz CT molecular complexity index is 181. The van der Waals surface area contributed by atoms with Crippen molar-refractivity contribution in [1.82, 2.24) is 0 Å². The Morgan fingerprint density at radius 1 is 1.78 bits per heavy atom. The zero-order valence-electron chi connectivity index (χ0n) is 5.42. The lowest BCUT2D eigenvalue weighted by atomic mass is 10.5. The van der Waals surface area contributed by atoms with Crippen LogP contribution in [0.1, 0.15) is 6.42 Å². The minimum atomic E-state index is -1.87. The first-order valence-corrected chi connectivity index (χ1v) is 5.28. The van der Waals surface area contributed by atoms with Gasteiger partial charge in [-0.05, 0) is 12.2 Å². The predicted molar refractivity (Wildman–Crippen MR) is 41.3 cm³/mol. The Morgan fingerprint density at radius 2 is 2.56 bits per heavy atom. The maximum atomic E-state index is 11.5. The molecule has 1 heterocycles. The fourth-order valence-electron chi connectivity index (χ4n) is 1.00. The van der Waals surface area contributed by atoms with Crippen molar-refractivity contribution in [3.05, 3.63) is 24.5 Å². The fraction of sp³-hybridized carbons (Fsp3) is 0.429. The van der Waals surface area contributed by atoms with Crippen molar-refractivity contribution in [2.45, 2.75) is 6.42 Å². The standard InChI is InChI=1S/C7H11OP/c1-2-5-9(8)6-3-4-7-9/h2-3,6H,1,4-5,7H2. The van der Waals surface area contributed by atoms with Crippen molar-refractivity contribution in [3.8, 4) is 0 Å². The summed E-state index contributed by atoms with van der Waals surface area (Å²) in [6.45, 7) is 3.56. The first-order valence-electron chi connectivity index (χ1n) is 3.13. The Kier molecular flexibility index (Phi) is 1.92. The summed E-state index contributed by atoms with van der Waals surface area (Å²) in [4.78, 5) is 0. The smallest absolute Gasteiger partial charge is 0.112 e. The number of hydrogen-bond acceptors (Lipinski definition) is 1. The van der Waals surface area contributed by atoms with E-state index in [0.717, 1.165) is 12.6 Å². The van der Waals surface area contributed by atoms with Gasteiger partial charge in [0.2, 0.25) is 0 Å². The zero-order chi connectivity index (χ0) is 6.74. The maximum absolute atomic E-state index is 11.5. The topological polar surface area (TPSA) is 17.1 Å². The zero-order valence-corrected chi connectivity index (χ0v) is 6.31. The summed E-state index contributed by atoms with van der Waals surface area (Å²) in [6.07, 6.45) is 6.29. The van der Waals surface area contributed by atoms with E-state index >= 15 is 0 Å². The van der Waals surface area contributed by atoms with Crippen LogP contribution in [0, 0.1) is 0 Å². The lowest BCUT2D eigenvalue weighted by molar-refractivity contribution is 0.583. The van der Waals surface area contributed by atoms with Crippen molar-refractivity contribution in [2.75, 3.05) is 12.3 Å². The van der Waals surface area contributed by atoms with Gasteiger partial charge in [0.1, 0.15) is 7.14 Å². The second-order valence-corrected chi connectivity index (χ2v) is 5.34. The van der Waals surface area contributed by atoms with Gasteiger partial charge in [0.15, 0.2) is 0 Å². The molecule has 50 valence electrons. The average Bonchev–Trinajstić information content (AvgIpc) is 2.16. The maximum Gasteiger partial charge on any atom is 0.112 e. The van der Waals surface area contributed by atoms with Crippen LogP contribution < -0.4 is 0 Å². The Hall–Kier alpha value is -0.290. The normalized spacial score (nSPS) is 32.9. The van der Waals surface area contributed by atoms with E-state index in [0.29, 0.717) is 6.16 Å². The van der Waals surface area contributed by atoms with Gasteiger partial charge in [-0.3, -0.25) is 0 Å². The number of hydrogen-bond donors (Lipinski definition) is 0. The molecular formula is C7H11OP. The average molecular weight is 142 g/mol. The third-order valence-corrected chi connectivity index (χ3v) is 4.14. The molecule has 1 nitrogen and oxygen atoms in total. The monoisotopic (exact) mass is 142 g/mol. The molecule has 0 aromatic heterocycles. The molecule has 1 aliphatic rings. The van der Waals surface area contributed by atoms with Gasteiger partial charge < -0.3 is 4.57 Å². The first-order chi connectivity index (χ1) is 4.27. The summed E-state index contributed by atoms with van der Waals surface area (Å²) in [5.74, 6) is 1.87. The van der Waals surface area contributed by atoms with E-state index in [4.69, 9.17) is 0 Å². The molecule has 0 bridgehead atoms. The van der Waals surface area contributed by atoms with Gasteiger partial charge in [-0.15, -0.1) is 6.58 Å². The summed E-state index contributed by atoms with van der Waals surface area (Å²) >= 11 is 0. The summed E-state index contributed by atoms with van der Waals surface area (Å²) < 4.78 is 11.5. The van der Waals surface area contributed by atoms with Crippen LogP contribution >= 0.6 is 7.14 Å².